The van der Waals surface area contributed by atoms with Crippen molar-refractivity contribution in [3.63, 3.8) is 0 Å². The fourth-order valence-electron chi connectivity index (χ4n) is 1.44. The van der Waals surface area contributed by atoms with E-state index in [-0.39, 0.29) is 12.2 Å². The summed E-state index contributed by atoms with van der Waals surface area (Å²) >= 11 is 2.37. The highest BCUT2D eigenvalue weighted by Gasteiger charge is 2.16. The van der Waals surface area contributed by atoms with Gasteiger partial charge in [0, 0.05) is 4.43 Å². The van der Waals surface area contributed by atoms with Gasteiger partial charge in [0.05, 0.1) is 19.3 Å². The summed E-state index contributed by atoms with van der Waals surface area (Å²) in [7, 11) is 1.68. The minimum atomic E-state index is 0.166. The predicted molar refractivity (Wildman–Crippen MR) is 80.0 cm³/mol. The van der Waals surface area contributed by atoms with Gasteiger partial charge in [-0.2, -0.15) is 0 Å². The highest BCUT2D eigenvalue weighted by Crippen LogP contribution is 2.25. The summed E-state index contributed by atoms with van der Waals surface area (Å²) in [5, 5.41) is 0. The molecule has 0 N–H and O–H groups in total. The highest BCUT2D eigenvalue weighted by molar-refractivity contribution is 14.1. The van der Waals surface area contributed by atoms with Gasteiger partial charge in [-0.3, -0.25) is 0 Å². The molecule has 0 aliphatic rings. The van der Waals surface area contributed by atoms with Gasteiger partial charge in [0.1, 0.15) is 5.75 Å². The molecule has 17 heavy (non-hydrogen) atoms. The van der Waals surface area contributed by atoms with Crippen molar-refractivity contribution in [1.29, 1.82) is 0 Å². The van der Waals surface area contributed by atoms with E-state index in [9.17, 15) is 0 Å². The Hall–Kier alpha value is -0.290. The minimum absolute atomic E-state index is 0.166. The SMILES string of the molecule is COc1ccc(C(CI)OC(C)C(C)C)cc1. The van der Waals surface area contributed by atoms with Gasteiger partial charge in [0.2, 0.25) is 0 Å². The number of hydrogen-bond acceptors (Lipinski definition) is 2. The molecule has 2 atom stereocenters. The Morgan fingerprint density at radius 2 is 1.71 bits per heavy atom. The highest BCUT2D eigenvalue weighted by atomic mass is 127. The average Bonchev–Trinajstić information content (AvgIpc) is 2.35. The molecule has 0 spiro atoms. The minimum Gasteiger partial charge on any atom is -0.497 e. The Balaban J connectivity index is 2.72. The zero-order valence-electron chi connectivity index (χ0n) is 10.9. The van der Waals surface area contributed by atoms with E-state index >= 15 is 0 Å². The smallest absolute Gasteiger partial charge is 0.118 e. The van der Waals surface area contributed by atoms with Crippen LogP contribution in [-0.2, 0) is 4.74 Å². The van der Waals surface area contributed by atoms with Crippen molar-refractivity contribution in [2.45, 2.75) is 33.0 Å². The molecule has 96 valence electrons. The van der Waals surface area contributed by atoms with Crippen LogP contribution in [0.2, 0.25) is 0 Å². The van der Waals surface area contributed by atoms with Crippen LogP contribution in [0.15, 0.2) is 24.3 Å². The molecular weight excluding hydrogens is 327 g/mol. The second-order valence-electron chi connectivity index (χ2n) is 4.50. The largest absolute Gasteiger partial charge is 0.497 e. The summed E-state index contributed by atoms with van der Waals surface area (Å²) in [5.41, 5.74) is 1.22. The van der Waals surface area contributed by atoms with Gasteiger partial charge in [0.25, 0.3) is 0 Å². The first-order chi connectivity index (χ1) is 8.08. The summed E-state index contributed by atoms with van der Waals surface area (Å²) in [4.78, 5) is 0. The van der Waals surface area contributed by atoms with Crippen molar-refractivity contribution < 1.29 is 9.47 Å². The quantitative estimate of drug-likeness (QED) is 0.566. The first-order valence-electron chi connectivity index (χ1n) is 5.93. The van der Waals surface area contributed by atoms with Crippen LogP contribution in [0.5, 0.6) is 5.75 Å². The van der Waals surface area contributed by atoms with Gasteiger partial charge >= 0.3 is 0 Å². The molecule has 0 amide bonds. The molecule has 0 aliphatic carbocycles. The Morgan fingerprint density at radius 1 is 1.12 bits per heavy atom. The third-order valence-electron chi connectivity index (χ3n) is 2.95. The third kappa shape index (κ3) is 4.47. The van der Waals surface area contributed by atoms with Gasteiger partial charge in [-0.1, -0.05) is 48.6 Å². The molecule has 0 bridgehead atoms. The second kappa shape index (κ2) is 7.21. The van der Waals surface area contributed by atoms with E-state index in [0.29, 0.717) is 5.92 Å². The number of alkyl halides is 1. The first-order valence-corrected chi connectivity index (χ1v) is 7.46. The molecule has 0 aliphatic heterocycles. The number of rotatable bonds is 6. The summed E-state index contributed by atoms with van der Waals surface area (Å²) in [6.45, 7) is 6.50. The summed E-state index contributed by atoms with van der Waals surface area (Å²) < 4.78 is 12.2. The topological polar surface area (TPSA) is 18.5 Å². The maximum Gasteiger partial charge on any atom is 0.118 e. The van der Waals surface area contributed by atoms with Crippen molar-refractivity contribution in [1.82, 2.24) is 0 Å². The van der Waals surface area contributed by atoms with Gasteiger partial charge in [0.15, 0.2) is 0 Å². The predicted octanol–water partition coefficient (Wildman–Crippen LogP) is 4.23. The van der Waals surface area contributed by atoms with E-state index in [4.69, 9.17) is 9.47 Å². The molecule has 0 aromatic heterocycles. The van der Waals surface area contributed by atoms with Crippen LogP contribution < -0.4 is 4.74 Å². The first kappa shape index (κ1) is 14.8. The summed E-state index contributed by atoms with van der Waals surface area (Å²) in [6, 6.07) is 8.13. The molecule has 2 nitrogen and oxygen atoms in total. The molecule has 0 heterocycles. The second-order valence-corrected chi connectivity index (χ2v) is 5.38. The number of benzene rings is 1. The monoisotopic (exact) mass is 348 g/mol. The summed E-state index contributed by atoms with van der Waals surface area (Å²) in [5.74, 6) is 1.43. The molecule has 0 saturated carbocycles. The lowest BCUT2D eigenvalue weighted by Gasteiger charge is -2.23. The van der Waals surface area contributed by atoms with Crippen LogP contribution >= 0.6 is 22.6 Å². The molecule has 0 radical (unpaired) electrons. The number of ether oxygens (including phenoxy) is 2. The van der Waals surface area contributed by atoms with Crippen LogP contribution in [-0.4, -0.2) is 17.6 Å². The number of hydrogen-bond donors (Lipinski definition) is 0. The standard InChI is InChI=1S/C14H21IO2/c1-10(2)11(3)17-14(9-15)12-5-7-13(16-4)8-6-12/h5-8,10-11,14H,9H2,1-4H3. The number of methoxy groups -OCH3 is 1. The van der Waals surface area contributed by atoms with Crippen LogP contribution in [0.3, 0.4) is 0 Å². The van der Waals surface area contributed by atoms with Gasteiger partial charge < -0.3 is 9.47 Å². The average molecular weight is 348 g/mol. The summed E-state index contributed by atoms with van der Waals surface area (Å²) in [6.07, 6.45) is 0.441. The van der Waals surface area contributed by atoms with E-state index in [1.807, 2.05) is 12.1 Å². The molecule has 0 fully saturated rings. The Kier molecular flexibility index (Phi) is 6.27. The van der Waals surface area contributed by atoms with Crippen LogP contribution in [0.4, 0.5) is 0 Å². The van der Waals surface area contributed by atoms with E-state index in [0.717, 1.165) is 10.2 Å². The Bertz CT molecular complexity index is 321. The van der Waals surface area contributed by atoms with Crippen molar-refractivity contribution in [3.05, 3.63) is 29.8 Å². The van der Waals surface area contributed by atoms with Gasteiger partial charge in [-0.25, -0.2) is 0 Å². The van der Waals surface area contributed by atoms with E-state index in [1.165, 1.54) is 5.56 Å². The molecule has 3 heteroatoms. The van der Waals surface area contributed by atoms with Crippen molar-refractivity contribution in [2.24, 2.45) is 5.92 Å². The zero-order chi connectivity index (χ0) is 12.8. The zero-order valence-corrected chi connectivity index (χ0v) is 13.1. The number of halogens is 1. The van der Waals surface area contributed by atoms with Crippen molar-refractivity contribution in [3.8, 4) is 5.75 Å². The van der Waals surface area contributed by atoms with Gasteiger partial charge in [-0.15, -0.1) is 0 Å². The lowest BCUT2D eigenvalue weighted by molar-refractivity contribution is -0.0134. The van der Waals surface area contributed by atoms with Crippen LogP contribution in [0, 0.1) is 5.92 Å². The fraction of sp³-hybridized carbons (Fsp3) is 0.571. The van der Waals surface area contributed by atoms with Crippen molar-refractivity contribution >= 4 is 22.6 Å². The molecule has 1 aromatic carbocycles. The van der Waals surface area contributed by atoms with Crippen LogP contribution in [0.1, 0.15) is 32.4 Å². The molecule has 0 saturated heterocycles. The normalized spacial score (nSPS) is 14.7. The fourth-order valence-corrected chi connectivity index (χ4v) is 2.15. The van der Waals surface area contributed by atoms with E-state index in [1.54, 1.807) is 7.11 Å². The molecule has 2 unspecified atom stereocenters. The molecule has 1 aromatic rings. The maximum absolute atomic E-state index is 6.07. The van der Waals surface area contributed by atoms with E-state index in [2.05, 4.69) is 55.5 Å². The Labute approximate surface area is 118 Å². The molecular formula is C14H21IO2. The van der Waals surface area contributed by atoms with Crippen LogP contribution in [0.25, 0.3) is 0 Å². The lowest BCUT2D eigenvalue weighted by Crippen LogP contribution is -2.19. The lowest BCUT2D eigenvalue weighted by atomic mass is 10.1. The maximum atomic E-state index is 6.07. The van der Waals surface area contributed by atoms with Crippen molar-refractivity contribution in [2.75, 3.05) is 11.5 Å². The van der Waals surface area contributed by atoms with E-state index < -0.39 is 0 Å². The third-order valence-corrected chi connectivity index (χ3v) is 3.75. The Morgan fingerprint density at radius 3 is 2.12 bits per heavy atom. The molecule has 1 rings (SSSR count). The van der Waals surface area contributed by atoms with Gasteiger partial charge in [-0.05, 0) is 30.5 Å².